The van der Waals surface area contributed by atoms with Crippen LogP contribution in [0.5, 0.6) is 6.01 Å². The van der Waals surface area contributed by atoms with Crippen molar-refractivity contribution in [3.8, 4) is 39.8 Å². The van der Waals surface area contributed by atoms with E-state index in [1.165, 1.54) is 0 Å². The number of hydrogen-bond acceptors (Lipinski definition) is 6. The second-order valence-electron chi connectivity index (χ2n) is 9.41. The maximum Gasteiger partial charge on any atom is 0.297 e. The molecule has 38 heavy (non-hydrogen) atoms. The van der Waals surface area contributed by atoms with Gasteiger partial charge in [-0.05, 0) is 60.0 Å². The molecular formula is C29H28N8O. The summed E-state index contributed by atoms with van der Waals surface area (Å²) in [5.41, 5.74) is 8.14. The van der Waals surface area contributed by atoms with Gasteiger partial charge in [-0.25, -0.2) is 10.1 Å². The first-order valence-corrected chi connectivity index (χ1v) is 12.7. The summed E-state index contributed by atoms with van der Waals surface area (Å²) in [7, 11) is 0. The van der Waals surface area contributed by atoms with E-state index in [2.05, 4.69) is 97.3 Å². The third-order valence-electron chi connectivity index (χ3n) is 6.61. The molecule has 0 amide bonds. The lowest BCUT2D eigenvalue weighted by molar-refractivity contribution is 0.301. The van der Waals surface area contributed by atoms with Gasteiger partial charge in [0.05, 0.1) is 36.2 Å². The predicted octanol–water partition coefficient (Wildman–Crippen LogP) is 5.77. The molecule has 0 aliphatic heterocycles. The van der Waals surface area contributed by atoms with Crippen LogP contribution in [-0.4, -0.2) is 46.3 Å². The van der Waals surface area contributed by atoms with Gasteiger partial charge in [-0.15, -0.1) is 5.10 Å². The molecule has 3 aromatic heterocycles. The summed E-state index contributed by atoms with van der Waals surface area (Å²) in [5, 5.41) is 14.4. The molecule has 3 heterocycles. The molecule has 0 unspecified atom stereocenters. The van der Waals surface area contributed by atoms with Crippen molar-refractivity contribution in [3.05, 3.63) is 84.8 Å². The quantitative estimate of drug-likeness (QED) is 0.282. The minimum atomic E-state index is 0.359. The highest BCUT2D eigenvalue weighted by Crippen LogP contribution is 2.31. The third-order valence-corrected chi connectivity index (χ3v) is 6.61. The maximum absolute atomic E-state index is 5.94. The van der Waals surface area contributed by atoms with Crippen molar-refractivity contribution in [1.29, 1.82) is 0 Å². The highest BCUT2D eigenvalue weighted by molar-refractivity contribution is 5.83. The summed E-state index contributed by atoms with van der Waals surface area (Å²) >= 11 is 0. The first kappa shape index (κ1) is 23.6. The van der Waals surface area contributed by atoms with E-state index in [0.717, 1.165) is 44.5 Å². The topological polar surface area (TPSA) is 99.3 Å². The average Bonchev–Trinajstić information content (AvgIpc) is 3.71. The van der Waals surface area contributed by atoms with Crippen LogP contribution in [0.15, 0.2) is 79.3 Å². The number of H-pyrrole nitrogens is 1. The Kier molecular flexibility index (Phi) is 6.17. The van der Waals surface area contributed by atoms with Gasteiger partial charge in [-0.2, -0.15) is 4.98 Å². The van der Waals surface area contributed by atoms with Gasteiger partial charge in [0.15, 0.2) is 5.82 Å². The van der Waals surface area contributed by atoms with Crippen molar-refractivity contribution in [1.82, 2.24) is 39.7 Å². The van der Waals surface area contributed by atoms with Crippen molar-refractivity contribution >= 4 is 11.0 Å². The first-order valence-electron chi connectivity index (χ1n) is 12.7. The number of nitrogens with zero attached hydrogens (tertiary/aromatic N) is 7. The zero-order valence-electron chi connectivity index (χ0n) is 21.5. The lowest BCUT2D eigenvalue weighted by Crippen LogP contribution is -2.05. The average molecular weight is 505 g/mol. The molecule has 190 valence electrons. The Morgan fingerprint density at radius 1 is 0.947 bits per heavy atom. The SMILES string of the molecule is CCOc1nc2ccc(-c3cn(C(C)C)cn3)cc2n1Cc1ccc(-c2ccccc2-c2nnn[nH]2)cc1. The minimum absolute atomic E-state index is 0.359. The van der Waals surface area contributed by atoms with E-state index < -0.39 is 0 Å². The Morgan fingerprint density at radius 3 is 2.45 bits per heavy atom. The number of rotatable bonds is 8. The lowest BCUT2D eigenvalue weighted by Gasteiger charge is -2.11. The number of tetrazole rings is 1. The summed E-state index contributed by atoms with van der Waals surface area (Å²) < 4.78 is 10.2. The zero-order valence-corrected chi connectivity index (χ0v) is 21.5. The van der Waals surface area contributed by atoms with E-state index in [1.54, 1.807) is 0 Å². The van der Waals surface area contributed by atoms with Crippen molar-refractivity contribution in [2.24, 2.45) is 0 Å². The molecule has 6 aromatic rings. The first-order chi connectivity index (χ1) is 18.6. The highest BCUT2D eigenvalue weighted by atomic mass is 16.5. The molecule has 9 heteroatoms. The van der Waals surface area contributed by atoms with Crippen LogP contribution in [0.1, 0.15) is 32.4 Å². The number of hydrogen-bond donors (Lipinski definition) is 1. The molecule has 0 spiro atoms. The van der Waals surface area contributed by atoms with Crippen LogP contribution >= 0.6 is 0 Å². The molecule has 0 fully saturated rings. The van der Waals surface area contributed by atoms with Crippen molar-refractivity contribution < 1.29 is 4.74 Å². The number of fused-ring (bicyclic) bond motifs is 1. The van der Waals surface area contributed by atoms with Gasteiger partial charge in [0.2, 0.25) is 0 Å². The molecule has 1 N–H and O–H groups in total. The molecule has 0 radical (unpaired) electrons. The van der Waals surface area contributed by atoms with Gasteiger partial charge in [0.25, 0.3) is 6.01 Å². The predicted molar refractivity (Wildman–Crippen MR) is 147 cm³/mol. The van der Waals surface area contributed by atoms with Crippen molar-refractivity contribution in [3.63, 3.8) is 0 Å². The molecular weight excluding hydrogens is 476 g/mol. The number of aromatic amines is 1. The number of aromatic nitrogens is 8. The van der Waals surface area contributed by atoms with Crippen LogP contribution < -0.4 is 4.74 Å². The second-order valence-corrected chi connectivity index (χ2v) is 9.41. The Balaban J connectivity index is 1.34. The van der Waals surface area contributed by atoms with E-state index in [-0.39, 0.29) is 0 Å². The molecule has 0 bridgehead atoms. The number of nitrogens with one attached hydrogen (secondary N) is 1. The fourth-order valence-corrected chi connectivity index (χ4v) is 4.61. The normalized spacial score (nSPS) is 11.5. The smallest absolute Gasteiger partial charge is 0.297 e. The highest BCUT2D eigenvalue weighted by Gasteiger charge is 2.15. The summed E-state index contributed by atoms with van der Waals surface area (Å²) in [6.45, 7) is 7.44. The molecule has 0 aliphatic carbocycles. The van der Waals surface area contributed by atoms with Gasteiger partial charge in [0.1, 0.15) is 0 Å². The van der Waals surface area contributed by atoms with Crippen molar-refractivity contribution in [2.45, 2.75) is 33.4 Å². The zero-order chi connectivity index (χ0) is 26.1. The van der Waals surface area contributed by atoms with Crippen LogP contribution in [0.3, 0.4) is 0 Å². The fourth-order valence-electron chi connectivity index (χ4n) is 4.61. The molecule has 3 aromatic carbocycles. The summed E-state index contributed by atoms with van der Waals surface area (Å²) in [5.74, 6) is 0.643. The molecule has 9 nitrogen and oxygen atoms in total. The van der Waals surface area contributed by atoms with E-state index in [1.807, 2.05) is 37.5 Å². The second kappa shape index (κ2) is 9.93. The molecule has 0 atom stereocenters. The van der Waals surface area contributed by atoms with Crippen LogP contribution in [0, 0.1) is 0 Å². The van der Waals surface area contributed by atoms with Crippen LogP contribution in [0.25, 0.3) is 44.8 Å². The number of ether oxygens (including phenoxy) is 1. The number of benzene rings is 3. The summed E-state index contributed by atoms with van der Waals surface area (Å²) in [4.78, 5) is 9.39. The lowest BCUT2D eigenvalue weighted by atomic mass is 9.98. The van der Waals surface area contributed by atoms with Gasteiger partial charge in [-0.1, -0.05) is 54.6 Å². The fraction of sp³-hybridized carbons (Fsp3) is 0.207. The van der Waals surface area contributed by atoms with E-state index in [0.29, 0.717) is 31.0 Å². The summed E-state index contributed by atoms with van der Waals surface area (Å²) in [6, 6.07) is 23.8. The largest absolute Gasteiger partial charge is 0.465 e. The van der Waals surface area contributed by atoms with Crippen LogP contribution in [0.2, 0.25) is 0 Å². The van der Waals surface area contributed by atoms with Crippen LogP contribution in [0.4, 0.5) is 0 Å². The number of imidazole rings is 2. The van der Waals surface area contributed by atoms with Crippen LogP contribution in [-0.2, 0) is 6.54 Å². The van der Waals surface area contributed by atoms with Gasteiger partial charge >= 0.3 is 0 Å². The van der Waals surface area contributed by atoms with E-state index >= 15 is 0 Å². The van der Waals surface area contributed by atoms with Gasteiger partial charge in [-0.3, -0.25) is 4.57 Å². The Labute approximate surface area is 220 Å². The molecule has 0 saturated heterocycles. The maximum atomic E-state index is 5.94. The molecule has 6 rings (SSSR count). The monoisotopic (exact) mass is 504 g/mol. The minimum Gasteiger partial charge on any atom is -0.465 e. The molecule has 0 aliphatic rings. The van der Waals surface area contributed by atoms with E-state index in [4.69, 9.17) is 9.72 Å². The Bertz CT molecular complexity index is 1680. The summed E-state index contributed by atoms with van der Waals surface area (Å²) in [6.07, 6.45) is 3.97. The third kappa shape index (κ3) is 4.43. The Morgan fingerprint density at radius 2 is 1.74 bits per heavy atom. The van der Waals surface area contributed by atoms with Crippen molar-refractivity contribution in [2.75, 3.05) is 6.61 Å². The van der Waals surface area contributed by atoms with Gasteiger partial charge < -0.3 is 9.30 Å². The van der Waals surface area contributed by atoms with Gasteiger partial charge in [0, 0.05) is 23.4 Å². The van der Waals surface area contributed by atoms with E-state index in [9.17, 15) is 0 Å². The molecule has 0 saturated carbocycles. The standard InChI is InChI=1S/C29H28N8O/c1-4-38-29-31-25-14-13-22(26-17-36(18-30-26)19(2)3)15-27(25)37(29)16-20-9-11-21(12-10-20)23-7-5-6-8-24(23)28-32-34-35-33-28/h5-15,17-19H,4,16H2,1-3H3,(H,32,33,34,35). The Hall–Kier alpha value is -4.79.